The molecule has 0 aliphatic carbocycles. The van der Waals surface area contributed by atoms with Gasteiger partial charge in [-0.3, -0.25) is 4.79 Å². The Morgan fingerprint density at radius 3 is 2.52 bits per heavy atom. The predicted octanol–water partition coefficient (Wildman–Crippen LogP) is 1.58. The first-order valence-corrected chi connectivity index (χ1v) is 7.07. The molecule has 110 valence electrons. The molecule has 0 saturated carbocycles. The third-order valence-corrected chi connectivity index (χ3v) is 3.60. The molecule has 0 aliphatic rings. The Kier molecular flexibility index (Phi) is 4.54. The van der Waals surface area contributed by atoms with E-state index in [1.54, 1.807) is 24.4 Å². The number of phenols is 1. The maximum Gasteiger partial charge on any atom is 0.326 e. The largest absolute Gasteiger partial charge is 0.508 e. The van der Waals surface area contributed by atoms with Gasteiger partial charge in [0.15, 0.2) is 0 Å². The molecule has 1 heterocycles. The third kappa shape index (κ3) is 4.03. The molecule has 1 aromatic carbocycles. The number of aryl methyl sites for hydroxylation is 1. The van der Waals surface area contributed by atoms with E-state index in [1.165, 1.54) is 23.5 Å². The summed E-state index contributed by atoms with van der Waals surface area (Å²) < 4.78 is 0. The lowest BCUT2D eigenvalue weighted by molar-refractivity contribution is -0.139. The van der Waals surface area contributed by atoms with E-state index in [2.05, 4.69) is 10.3 Å². The highest BCUT2D eigenvalue weighted by Gasteiger charge is 2.22. The summed E-state index contributed by atoms with van der Waals surface area (Å²) in [6.07, 6.45) is 0.129. The summed E-state index contributed by atoms with van der Waals surface area (Å²) in [5.74, 6) is -1.53. The molecule has 7 heteroatoms. The van der Waals surface area contributed by atoms with E-state index in [0.29, 0.717) is 5.56 Å². The maximum atomic E-state index is 11.9. The number of nitrogens with zero attached hydrogens (tertiary/aromatic N) is 1. The summed E-state index contributed by atoms with van der Waals surface area (Å²) in [4.78, 5) is 27.2. The van der Waals surface area contributed by atoms with Gasteiger partial charge >= 0.3 is 5.97 Å². The van der Waals surface area contributed by atoms with Crippen molar-refractivity contribution in [2.45, 2.75) is 19.4 Å². The standard InChI is InChI=1S/C14H14N2O4S/c1-8-15-12(7-21-8)13(18)16-11(14(19)20)6-9-2-4-10(17)5-3-9/h2-5,7,11,17H,6H2,1H3,(H,16,18)(H,19,20)/t11-/m1/s1. The number of carboxylic acids is 1. The van der Waals surface area contributed by atoms with Gasteiger partial charge in [-0.15, -0.1) is 11.3 Å². The fourth-order valence-corrected chi connectivity index (χ4v) is 2.36. The van der Waals surface area contributed by atoms with Gasteiger partial charge in [0.25, 0.3) is 5.91 Å². The number of amides is 1. The highest BCUT2D eigenvalue weighted by atomic mass is 32.1. The Balaban J connectivity index is 2.07. The molecule has 0 aliphatic heterocycles. The molecule has 0 saturated heterocycles. The van der Waals surface area contributed by atoms with E-state index in [1.807, 2.05) is 0 Å². The minimum atomic E-state index is -1.12. The van der Waals surface area contributed by atoms with Crippen molar-refractivity contribution in [3.05, 3.63) is 45.9 Å². The number of hydrogen-bond donors (Lipinski definition) is 3. The second-order valence-electron chi connectivity index (χ2n) is 4.49. The van der Waals surface area contributed by atoms with Crippen LogP contribution in [-0.2, 0) is 11.2 Å². The molecular weight excluding hydrogens is 292 g/mol. The number of nitrogens with one attached hydrogen (secondary N) is 1. The smallest absolute Gasteiger partial charge is 0.326 e. The highest BCUT2D eigenvalue weighted by Crippen LogP contribution is 2.12. The number of benzene rings is 1. The van der Waals surface area contributed by atoms with Crippen molar-refractivity contribution in [3.63, 3.8) is 0 Å². The van der Waals surface area contributed by atoms with Crippen LogP contribution in [0.25, 0.3) is 0 Å². The molecule has 1 atom stereocenters. The number of aromatic hydroxyl groups is 1. The van der Waals surface area contributed by atoms with Crippen molar-refractivity contribution in [2.24, 2.45) is 0 Å². The van der Waals surface area contributed by atoms with Crippen molar-refractivity contribution < 1.29 is 19.8 Å². The molecule has 0 spiro atoms. The fraction of sp³-hybridized carbons (Fsp3) is 0.214. The molecule has 0 bridgehead atoms. The van der Waals surface area contributed by atoms with Gasteiger partial charge in [0, 0.05) is 11.8 Å². The maximum absolute atomic E-state index is 11.9. The van der Waals surface area contributed by atoms with E-state index in [4.69, 9.17) is 0 Å². The van der Waals surface area contributed by atoms with Gasteiger partial charge in [-0.2, -0.15) is 0 Å². The number of aromatic nitrogens is 1. The number of aliphatic carboxylic acids is 1. The molecular formula is C14H14N2O4S. The molecule has 0 unspecified atom stereocenters. The van der Waals surface area contributed by atoms with Crippen LogP contribution in [0.15, 0.2) is 29.6 Å². The van der Waals surface area contributed by atoms with Gasteiger partial charge in [-0.05, 0) is 24.6 Å². The topological polar surface area (TPSA) is 99.5 Å². The first-order chi connectivity index (χ1) is 9.95. The lowest BCUT2D eigenvalue weighted by atomic mass is 10.1. The quantitative estimate of drug-likeness (QED) is 0.779. The number of rotatable bonds is 5. The van der Waals surface area contributed by atoms with Crippen LogP contribution in [0.3, 0.4) is 0 Å². The molecule has 1 aromatic heterocycles. The lowest BCUT2D eigenvalue weighted by Crippen LogP contribution is -2.42. The van der Waals surface area contributed by atoms with Gasteiger partial charge in [-0.25, -0.2) is 9.78 Å². The van der Waals surface area contributed by atoms with E-state index in [0.717, 1.165) is 5.01 Å². The van der Waals surface area contributed by atoms with Gasteiger partial charge in [-0.1, -0.05) is 12.1 Å². The Hall–Kier alpha value is -2.41. The van der Waals surface area contributed by atoms with Crippen LogP contribution in [0.4, 0.5) is 0 Å². The summed E-state index contributed by atoms with van der Waals surface area (Å²) in [6, 6.07) is 5.12. The second kappa shape index (κ2) is 6.36. The minimum absolute atomic E-state index is 0.104. The van der Waals surface area contributed by atoms with E-state index < -0.39 is 17.9 Å². The van der Waals surface area contributed by atoms with Crippen molar-refractivity contribution in [1.29, 1.82) is 0 Å². The number of carboxylic acid groups (broad SMARTS) is 1. The van der Waals surface area contributed by atoms with Crippen LogP contribution in [0.2, 0.25) is 0 Å². The molecule has 3 N–H and O–H groups in total. The van der Waals surface area contributed by atoms with Crippen molar-refractivity contribution in [1.82, 2.24) is 10.3 Å². The van der Waals surface area contributed by atoms with Crippen LogP contribution >= 0.6 is 11.3 Å². The minimum Gasteiger partial charge on any atom is -0.508 e. The number of thiazole rings is 1. The average molecular weight is 306 g/mol. The summed E-state index contributed by atoms with van der Waals surface area (Å²) >= 11 is 1.33. The van der Waals surface area contributed by atoms with Crippen molar-refractivity contribution in [2.75, 3.05) is 0 Å². The lowest BCUT2D eigenvalue weighted by Gasteiger charge is -2.13. The Morgan fingerprint density at radius 1 is 1.33 bits per heavy atom. The summed E-state index contributed by atoms with van der Waals surface area (Å²) in [6.45, 7) is 1.77. The molecule has 6 nitrogen and oxygen atoms in total. The number of hydrogen-bond acceptors (Lipinski definition) is 5. The third-order valence-electron chi connectivity index (χ3n) is 2.83. The van der Waals surface area contributed by atoms with Crippen molar-refractivity contribution >= 4 is 23.2 Å². The number of phenolic OH excluding ortho intramolecular Hbond substituents is 1. The van der Waals surface area contributed by atoms with Gasteiger partial charge in [0.05, 0.1) is 5.01 Å². The Morgan fingerprint density at radius 2 is 2.00 bits per heavy atom. The first-order valence-electron chi connectivity index (χ1n) is 6.19. The molecule has 21 heavy (non-hydrogen) atoms. The molecule has 0 fully saturated rings. The van der Waals surface area contributed by atoms with Crippen LogP contribution < -0.4 is 5.32 Å². The SMILES string of the molecule is Cc1nc(C(=O)N[C@H](Cc2ccc(O)cc2)C(=O)O)cs1. The Labute approximate surface area is 125 Å². The summed E-state index contributed by atoms with van der Waals surface area (Å²) in [5.41, 5.74) is 0.921. The molecule has 2 rings (SSSR count). The average Bonchev–Trinajstić information content (AvgIpc) is 2.87. The zero-order valence-corrected chi connectivity index (χ0v) is 12.1. The zero-order valence-electron chi connectivity index (χ0n) is 11.2. The molecule has 1 amide bonds. The second-order valence-corrected chi connectivity index (χ2v) is 5.55. The number of carbonyl (C=O) groups is 2. The van der Waals surface area contributed by atoms with Crippen LogP contribution in [0, 0.1) is 6.92 Å². The van der Waals surface area contributed by atoms with Crippen LogP contribution in [-0.4, -0.2) is 33.1 Å². The monoisotopic (exact) mass is 306 g/mol. The highest BCUT2D eigenvalue weighted by molar-refractivity contribution is 7.09. The van der Waals surface area contributed by atoms with E-state index in [-0.39, 0.29) is 17.9 Å². The normalized spacial score (nSPS) is 11.9. The van der Waals surface area contributed by atoms with Gasteiger partial charge < -0.3 is 15.5 Å². The van der Waals surface area contributed by atoms with Crippen LogP contribution in [0.5, 0.6) is 5.75 Å². The van der Waals surface area contributed by atoms with E-state index in [9.17, 15) is 19.8 Å². The zero-order chi connectivity index (χ0) is 15.4. The molecule has 0 radical (unpaired) electrons. The Bertz CT molecular complexity index is 651. The fourth-order valence-electron chi connectivity index (χ4n) is 1.77. The van der Waals surface area contributed by atoms with Gasteiger partial charge in [0.1, 0.15) is 17.5 Å². The van der Waals surface area contributed by atoms with Crippen molar-refractivity contribution in [3.8, 4) is 5.75 Å². The first kappa shape index (κ1) is 15.0. The van der Waals surface area contributed by atoms with Gasteiger partial charge in [0.2, 0.25) is 0 Å². The summed E-state index contributed by atoms with van der Waals surface area (Å²) in [7, 11) is 0. The number of carbonyl (C=O) groups excluding carboxylic acids is 1. The van der Waals surface area contributed by atoms with Crippen LogP contribution in [0.1, 0.15) is 21.1 Å². The van der Waals surface area contributed by atoms with E-state index >= 15 is 0 Å². The predicted molar refractivity (Wildman–Crippen MR) is 77.6 cm³/mol. The summed E-state index contributed by atoms with van der Waals surface area (Å²) in [5, 5.41) is 23.2. The molecule has 2 aromatic rings.